The van der Waals surface area contributed by atoms with Crippen LogP contribution in [0.3, 0.4) is 0 Å². The van der Waals surface area contributed by atoms with Crippen molar-refractivity contribution in [2.24, 2.45) is 16.3 Å². The molecular formula is C55H66ClN5O7S2. The second-order valence-corrected chi connectivity index (χ2v) is 23.8. The Morgan fingerprint density at radius 2 is 1.76 bits per heavy atom. The van der Waals surface area contributed by atoms with Crippen LogP contribution in [-0.4, -0.2) is 100 Å². The van der Waals surface area contributed by atoms with Crippen molar-refractivity contribution in [2.45, 2.75) is 115 Å². The lowest BCUT2D eigenvalue weighted by Crippen LogP contribution is -2.73. The summed E-state index contributed by atoms with van der Waals surface area (Å²) in [6, 6.07) is 23.8. The first-order valence-electron chi connectivity index (χ1n) is 24.4. The Kier molecular flexibility index (Phi) is 15.3. The monoisotopic (exact) mass is 1010 g/mol. The number of likely N-dealkylation sites (tertiary alicyclic amines) is 1. The molecule has 372 valence electrons. The van der Waals surface area contributed by atoms with E-state index in [4.69, 9.17) is 21.1 Å². The van der Waals surface area contributed by atoms with E-state index in [-0.39, 0.29) is 46.5 Å². The van der Waals surface area contributed by atoms with E-state index >= 15 is 0 Å². The van der Waals surface area contributed by atoms with Crippen LogP contribution in [0.25, 0.3) is 21.2 Å². The highest BCUT2D eigenvalue weighted by molar-refractivity contribution is 7.88. The molecule has 5 aromatic rings. The number of rotatable bonds is 20. The van der Waals surface area contributed by atoms with Gasteiger partial charge in [-0.3, -0.25) is 24.3 Å². The molecule has 9 rings (SSSR count). The Bertz CT molecular complexity index is 2880. The summed E-state index contributed by atoms with van der Waals surface area (Å²) >= 11 is 7.90. The first-order valence-corrected chi connectivity index (χ1v) is 27.2. The van der Waals surface area contributed by atoms with Crippen molar-refractivity contribution < 1.29 is 32.3 Å². The largest absolute Gasteiger partial charge is 0.483 e. The molecule has 4 aromatic carbocycles. The third kappa shape index (κ3) is 10.0. The van der Waals surface area contributed by atoms with Crippen molar-refractivity contribution in [3.05, 3.63) is 99.4 Å². The van der Waals surface area contributed by atoms with Gasteiger partial charge in [0.05, 0.1) is 10.6 Å². The van der Waals surface area contributed by atoms with E-state index < -0.39 is 15.6 Å². The molecule has 12 nitrogen and oxygen atoms in total. The summed E-state index contributed by atoms with van der Waals surface area (Å²) in [7, 11) is -1.70. The molecule has 1 N–H and O–H groups in total. The third-order valence-electron chi connectivity index (χ3n) is 15.3. The van der Waals surface area contributed by atoms with Gasteiger partial charge in [0.25, 0.3) is 0 Å². The average molecular weight is 1010 g/mol. The van der Waals surface area contributed by atoms with E-state index in [0.29, 0.717) is 64.4 Å². The molecule has 4 fully saturated rings. The highest BCUT2D eigenvalue weighted by Crippen LogP contribution is 2.56. The highest BCUT2D eigenvalue weighted by Gasteiger charge is 2.62. The lowest BCUT2D eigenvalue weighted by atomic mass is 9.57. The van der Waals surface area contributed by atoms with E-state index in [0.717, 1.165) is 84.8 Å². The highest BCUT2D eigenvalue weighted by atomic mass is 35.5. The number of nitrogens with zero attached hydrogens (tertiary/aromatic N) is 4. The van der Waals surface area contributed by atoms with Gasteiger partial charge in [-0.2, -0.15) is 4.31 Å². The number of fused-ring (bicyclic) bond motifs is 4. The van der Waals surface area contributed by atoms with Gasteiger partial charge in [0.1, 0.15) is 34.7 Å². The second kappa shape index (κ2) is 20.9. The zero-order valence-corrected chi connectivity index (χ0v) is 43.8. The van der Waals surface area contributed by atoms with Gasteiger partial charge in [0.15, 0.2) is 24.6 Å². The minimum Gasteiger partial charge on any atom is -0.483 e. The molecule has 0 amide bonds. The maximum Gasteiger partial charge on any atom is 0.219 e. The number of hydrogen-bond donors (Lipinski definition) is 1. The number of piperidine rings is 3. The molecule has 4 atom stereocenters. The number of carbonyl (C=O) groups excluding carboxylic acids is 3. The van der Waals surface area contributed by atoms with Crippen molar-refractivity contribution in [1.29, 1.82) is 0 Å². The Labute approximate surface area is 422 Å². The number of nitrogens with one attached hydrogen (secondary N) is 1. The molecule has 70 heavy (non-hydrogen) atoms. The molecule has 2 bridgehead atoms. The minimum absolute atomic E-state index is 0.0150. The number of hydrogen-bond acceptors (Lipinski definition) is 12. The number of carbonyl (C=O) groups is 3. The zero-order chi connectivity index (χ0) is 50.1. The number of thiophene rings is 1. The predicted molar refractivity (Wildman–Crippen MR) is 285 cm³/mol. The predicted octanol–water partition coefficient (Wildman–Crippen LogP) is 11.8. The molecule has 1 aromatic heterocycles. The fraction of sp³-hybridized carbons (Fsp3) is 0.455. The SMILES string of the molecule is C=Nc1cc(CS(=O)(=O)N2C3CC(Nc4cccc(-c5sc(C=O)c(OCC=O)c5Cl)c4)C(CC3(C)C)C2(C)C)ccc1OCN1CCC(c2ccc(N(C)C(C)CCC)c3c(C=O)cccc23)CC1. The molecule has 4 aliphatic rings. The maximum atomic E-state index is 14.8. The Hall–Kier alpha value is -5.12. The Morgan fingerprint density at radius 3 is 2.46 bits per heavy atom. The molecule has 0 radical (unpaired) electrons. The summed E-state index contributed by atoms with van der Waals surface area (Å²) < 4.78 is 43.1. The van der Waals surface area contributed by atoms with Crippen LogP contribution in [0.2, 0.25) is 5.02 Å². The molecule has 15 heteroatoms. The Balaban J connectivity index is 0.920. The summed E-state index contributed by atoms with van der Waals surface area (Å²) in [4.78, 5) is 45.0. The first-order chi connectivity index (χ1) is 33.5. The van der Waals surface area contributed by atoms with Crippen molar-refractivity contribution in [1.82, 2.24) is 9.21 Å². The van der Waals surface area contributed by atoms with E-state index in [1.165, 1.54) is 16.9 Å². The maximum absolute atomic E-state index is 14.8. The molecule has 0 spiro atoms. The Morgan fingerprint density at radius 1 is 1.00 bits per heavy atom. The normalized spacial score (nSPS) is 20.7. The van der Waals surface area contributed by atoms with Gasteiger partial charge in [-0.05, 0) is 129 Å². The third-order valence-corrected chi connectivity index (χ3v) is 19.0. The number of aliphatic imine (C=N–C) groups is 1. The van der Waals surface area contributed by atoms with E-state index in [2.05, 4.69) is 79.8 Å². The molecule has 3 saturated heterocycles. The molecule has 3 aliphatic heterocycles. The standard InChI is InChI=1S/C55H66ClN5O7S2/c1-9-12-35(2)59(8)46-19-18-41(42-16-11-14-39(31-63)50(42)46)37-21-23-60(24-22-37)34-68-47-20-17-36(27-45(47)57-7)33-70(65,66)61-49-29-44(43(55(61,5)6)30-54(49,3)4)58-40-15-10-13-38(28-40)53-51(56)52(67-26-25-62)48(32-64)69-53/h10-11,13-20,25,27-28,31-32,35,37,43-44,49,58H,7,9,12,21-24,26,29-30,33-34H2,1-6,8H3. The van der Waals surface area contributed by atoms with Crippen LogP contribution in [-0.2, 0) is 20.6 Å². The fourth-order valence-corrected chi connectivity index (χ4v) is 15.4. The lowest BCUT2D eigenvalue weighted by molar-refractivity contribution is -0.109. The molecule has 4 unspecified atom stereocenters. The molecule has 1 saturated carbocycles. The van der Waals surface area contributed by atoms with Crippen LogP contribution < -0.4 is 19.7 Å². The van der Waals surface area contributed by atoms with Crippen LogP contribution >= 0.6 is 22.9 Å². The summed E-state index contributed by atoms with van der Waals surface area (Å²) in [5.74, 6) is 0.886. The van der Waals surface area contributed by atoms with Crippen LogP contribution in [0.1, 0.15) is 117 Å². The number of sulfonamides is 1. The number of aldehydes is 3. The van der Waals surface area contributed by atoms with Gasteiger partial charge >= 0.3 is 0 Å². The van der Waals surface area contributed by atoms with E-state index in [1.54, 1.807) is 10.4 Å². The van der Waals surface area contributed by atoms with Gasteiger partial charge in [-0.15, -0.1) is 11.3 Å². The van der Waals surface area contributed by atoms with Gasteiger partial charge in [0.2, 0.25) is 10.0 Å². The first kappa shape index (κ1) is 51.2. The summed E-state index contributed by atoms with van der Waals surface area (Å²) in [5, 5.41) is 6.21. The van der Waals surface area contributed by atoms with Crippen molar-refractivity contribution in [3.8, 4) is 21.9 Å². The smallest absolute Gasteiger partial charge is 0.219 e. The zero-order valence-electron chi connectivity index (χ0n) is 41.4. The summed E-state index contributed by atoms with van der Waals surface area (Å²) in [6.45, 7) is 18.5. The van der Waals surface area contributed by atoms with Crippen molar-refractivity contribution in [3.63, 3.8) is 0 Å². The van der Waals surface area contributed by atoms with Gasteiger partial charge < -0.3 is 19.7 Å². The fourth-order valence-electron chi connectivity index (χ4n) is 11.6. The average Bonchev–Trinajstić information content (AvgIpc) is 3.66. The number of halogens is 1. The van der Waals surface area contributed by atoms with Gasteiger partial charge in [-0.25, -0.2) is 8.42 Å². The number of benzene rings is 4. The lowest BCUT2D eigenvalue weighted by Gasteiger charge is -2.64. The van der Waals surface area contributed by atoms with Crippen LogP contribution in [0.15, 0.2) is 77.8 Å². The van der Waals surface area contributed by atoms with E-state index in [9.17, 15) is 22.8 Å². The number of ether oxygens (including phenoxy) is 2. The van der Waals surface area contributed by atoms with Crippen LogP contribution in [0, 0.1) is 11.3 Å². The van der Waals surface area contributed by atoms with Gasteiger partial charge in [-0.1, -0.05) is 81.3 Å². The molecule has 1 aliphatic carbocycles. The van der Waals surface area contributed by atoms with Crippen molar-refractivity contribution in [2.75, 3.05) is 43.7 Å². The summed E-state index contributed by atoms with van der Waals surface area (Å²) in [5.41, 5.74) is 4.88. The second-order valence-electron chi connectivity index (χ2n) is 20.6. The van der Waals surface area contributed by atoms with Crippen molar-refractivity contribution >= 4 is 86.4 Å². The number of anilines is 2. The summed E-state index contributed by atoms with van der Waals surface area (Å²) in [6.07, 6.45) is 7.78. The molecular weight excluding hydrogens is 942 g/mol. The quantitative estimate of drug-likeness (QED) is 0.0592. The van der Waals surface area contributed by atoms with E-state index in [1.807, 2.05) is 62.4 Å². The topological polar surface area (TPSA) is 138 Å². The minimum atomic E-state index is -3.83. The van der Waals surface area contributed by atoms with Crippen LogP contribution in [0.4, 0.5) is 17.1 Å². The van der Waals surface area contributed by atoms with Crippen LogP contribution in [0.5, 0.6) is 11.5 Å². The van der Waals surface area contributed by atoms with Gasteiger partial charge in [0, 0.05) is 66.1 Å². The molecule has 4 heterocycles.